The summed E-state index contributed by atoms with van der Waals surface area (Å²) in [6, 6.07) is 3.89. The first kappa shape index (κ1) is 17.7. The van der Waals surface area contributed by atoms with Gasteiger partial charge in [-0.1, -0.05) is 19.4 Å². The normalized spacial score (nSPS) is 22.1. The fraction of sp³-hybridized carbons (Fsp3) is 0.529. The second-order valence-electron chi connectivity index (χ2n) is 5.73. The third kappa shape index (κ3) is 5.16. The molecule has 0 aromatic carbocycles. The van der Waals surface area contributed by atoms with Crippen molar-refractivity contribution in [1.82, 2.24) is 10.3 Å². The molecule has 1 amide bonds. The first-order valence-electron chi connectivity index (χ1n) is 8.13. The van der Waals surface area contributed by atoms with Crippen LogP contribution in [0.4, 0.5) is 5.82 Å². The molecular weight excluding hydrogens is 310 g/mol. The Morgan fingerprint density at radius 3 is 2.96 bits per heavy atom. The summed E-state index contributed by atoms with van der Waals surface area (Å²) in [6.45, 7) is 5.99. The van der Waals surface area contributed by atoms with E-state index in [-0.39, 0.29) is 11.2 Å². The highest BCUT2D eigenvalue weighted by Crippen LogP contribution is 2.25. The van der Waals surface area contributed by atoms with Crippen LogP contribution in [0.3, 0.4) is 0 Å². The van der Waals surface area contributed by atoms with Gasteiger partial charge < -0.3 is 10.6 Å². The number of hydrogen-bond donors (Lipinski definition) is 2. The highest BCUT2D eigenvalue weighted by molar-refractivity contribution is 7.85. The summed E-state index contributed by atoms with van der Waals surface area (Å²) in [6.07, 6.45) is 7.35. The maximum absolute atomic E-state index is 12.0. The molecular formula is C17H25N3O2S. The van der Waals surface area contributed by atoms with Crippen molar-refractivity contribution in [3.05, 3.63) is 36.5 Å². The van der Waals surface area contributed by atoms with E-state index in [1.807, 2.05) is 13.0 Å². The first-order valence-corrected chi connectivity index (χ1v) is 9.51. The lowest BCUT2D eigenvalue weighted by atomic mass is 9.95. The monoisotopic (exact) mass is 335 g/mol. The van der Waals surface area contributed by atoms with E-state index in [1.54, 1.807) is 18.3 Å². The lowest BCUT2D eigenvalue weighted by Crippen LogP contribution is -2.33. The molecule has 0 bridgehead atoms. The van der Waals surface area contributed by atoms with Gasteiger partial charge in [-0.2, -0.15) is 0 Å². The Hall–Kier alpha value is -1.69. The van der Waals surface area contributed by atoms with E-state index in [9.17, 15) is 9.00 Å². The Kier molecular flexibility index (Phi) is 6.77. The third-order valence-electron chi connectivity index (χ3n) is 4.07. The molecule has 0 radical (unpaired) electrons. The van der Waals surface area contributed by atoms with Crippen LogP contribution in [0.5, 0.6) is 0 Å². The minimum Gasteiger partial charge on any atom is -0.367 e. The molecule has 1 aliphatic carbocycles. The van der Waals surface area contributed by atoms with Gasteiger partial charge in [0.1, 0.15) is 5.82 Å². The number of aromatic nitrogens is 1. The minimum atomic E-state index is -0.727. The van der Waals surface area contributed by atoms with Crippen LogP contribution in [0, 0.1) is 0 Å². The minimum absolute atomic E-state index is 0.153. The molecule has 0 spiro atoms. The summed E-state index contributed by atoms with van der Waals surface area (Å²) in [5.41, 5.74) is 0.533. The molecule has 6 heteroatoms. The van der Waals surface area contributed by atoms with Crippen LogP contribution in [0.2, 0.25) is 0 Å². The van der Waals surface area contributed by atoms with Crippen molar-refractivity contribution in [3.8, 4) is 0 Å². The van der Waals surface area contributed by atoms with E-state index < -0.39 is 10.8 Å². The number of nitrogens with one attached hydrogen (secondary N) is 2. The van der Waals surface area contributed by atoms with Crippen molar-refractivity contribution in [2.45, 2.75) is 43.9 Å². The Bertz CT molecular complexity index is 559. The number of pyridine rings is 1. The summed E-state index contributed by atoms with van der Waals surface area (Å²) >= 11 is 0. The molecule has 2 rings (SSSR count). The number of rotatable bonds is 7. The van der Waals surface area contributed by atoms with Gasteiger partial charge in [-0.3, -0.25) is 9.00 Å². The standard InChI is InChI=1S/C17H25N3O2S/c1-3-10-18-17(21)13-8-9-16(19-12-13)20-14-6-5-7-15(11-14)23(22)4-2/h3,8-9,12,14-15H,1,4-7,10-11H2,2H3,(H,18,21)(H,19,20). The van der Waals surface area contributed by atoms with Gasteiger partial charge in [0.05, 0.1) is 5.56 Å². The molecule has 1 heterocycles. The van der Waals surface area contributed by atoms with Crippen LogP contribution in [0.15, 0.2) is 31.0 Å². The molecule has 1 aliphatic rings. The van der Waals surface area contributed by atoms with Crippen molar-refractivity contribution in [1.29, 1.82) is 0 Å². The summed E-state index contributed by atoms with van der Waals surface area (Å²) in [5.74, 6) is 1.34. The smallest absolute Gasteiger partial charge is 0.253 e. The molecule has 2 N–H and O–H groups in total. The Morgan fingerprint density at radius 2 is 2.30 bits per heavy atom. The molecule has 126 valence electrons. The van der Waals surface area contributed by atoms with Crippen molar-refractivity contribution in [3.63, 3.8) is 0 Å². The number of carbonyl (C=O) groups is 1. The van der Waals surface area contributed by atoms with Crippen molar-refractivity contribution in [2.24, 2.45) is 0 Å². The van der Waals surface area contributed by atoms with E-state index in [1.165, 1.54) is 0 Å². The molecule has 0 saturated heterocycles. The molecule has 23 heavy (non-hydrogen) atoms. The maximum atomic E-state index is 12.0. The van der Waals surface area contributed by atoms with Crippen molar-refractivity contribution < 1.29 is 9.00 Å². The van der Waals surface area contributed by atoms with Crippen LogP contribution < -0.4 is 10.6 Å². The quantitative estimate of drug-likeness (QED) is 0.751. The zero-order chi connectivity index (χ0) is 16.7. The largest absolute Gasteiger partial charge is 0.367 e. The number of carbonyl (C=O) groups excluding carboxylic acids is 1. The van der Waals surface area contributed by atoms with Gasteiger partial charge >= 0.3 is 0 Å². The van der Waals surface area contributed by atoms with Gasteiger partial charge in [0, 0.05) is 40.6 Å². The third-order valence-corrected chi connectivity index (χ3v) is 5.81. The van der Waals surface area contributed by atoms with Crippen LogP contribution in [-0.4, -0.2) is 38.7 Å². The van der Waals surface area contributed by atoms with Gasteiger partial charge in [0.2, 0.25) is 0 Å². The van der Waals surface area contributed by atoms with Gasteiger partial charge in [-0.15, -0.1) is 6.58 Å². The van der Waals surface area contributed by atoms with Crippen LogP contribution >= 0.6 is 0 Å². The van der Waals surface area contributed by atoms with Gasteiger partial charge in [0.15, 0.2) is 0 Å². The average Bonchev–Trinajstić information content (AvgIpc) is 2.59. The Morgan fingerprint density at radius 1 is 1.48 bits per heavy atom. The molecule has 0 aliphatic heterocycles. The van der Waals surface area contributed by atoms with E-state index in [0.717, 1.165) is 37.3 Å². The zero-order valence-electron chi connectivity index (χ0n) is 13.6. The second-order valence-corrected chi connectivity index (χ2v) is 7.74. The molecule has 1 aromatic heterocycles. The first-order chi connectivity index (χ1) is 11.1. The Balaban J connectivity index is 1.91. The lowest BCUT2D eigenvalue weighted by Gasteiger charge is -2.29. The predicted molar refractivity (Wildman–Crippen MR) is 95.1 cm³/mol. The van der Waals surface area contributed by atoms with E-state index in [4.69, 9.17) is 0 Å². The summed E-state index contributed by atoms with van der Waals surface area (Å²) < 4.78 is 12.0. The van der Waals surface area contributed by atoms with Crippen molar-refractivity contribution >= 4 is 22.5 Å². The van der Waals surface area contributed by atoms with Gasteiger partial charge in [-0.25, -0.2) is 4.98 Å². The average molecular weight is 335 g/mol. The highest BCUT2D eigenvalue weighted by atomic mass is 32.2. The molecule has 1 aromatic rings. The number of nitrogens with zero attached hydrogens (tertiary/aromatic N) is 1. The summed E-state index contributed by atoms with van der Waals surface area (Å²) in [4.78, 5) is 16.1. The maximum Gasteiger partial charge on any atom is 0.253 e. The molecule has 1 saturated carbocycles. The number of amides is 1. The molecule has 3 atom stereocenters. The predicted octanol–water partition coefficient (Wildman–Crippen LogP) is 2.49. The Labute approximate surface area is 140 Å². The van der Waals surface area contributed by atoms with Crippen LogP contribution in [0.25, 0.3) is 0 Å². The fourth-order valence-electron chi connectivity index (χ4n) is 2.84. The topological polar surface area (TPSA) is 71.1 Å². The van der Waals surface area contributed by atoms with Crippen molar-refractivity contribution in [2.75, 3.05) is 17.6 Å². The highest BCUT2D eigenvalue weighted by Gasteiger charge is 2.25. The van der Waals surface area contributed by atoms with E-state index in [0.29, 0.717) is 18.2 Å². The lowest BCUT2D eigenvalue weighted by molar-refractivity contribution is 0.0957. The molecule has 3 unspecified atom stereocenters. The van der Waals surface area contributed by atoms with Gasteiger partial charge in [-0.05, 0) is 31.4 Å². The number of anilines is 1. The second kappa shape index (κ2) is 8.82. The molecule has 5 nitrogen and oxygen atoms in total. The summed E-state index contributed by atoms with van der Waals surface area (Å²) in [5, 5.41) is 6.42. The van der Waals surface area contributed by atoms with Crippen LogP contribution in [0.1, 0.15) is 43.0 Å². The van der Waals surface area contributed by atoms with Crippen LogP contribution in [-0.2, 0) is 10.8 Å². The SMILES string of the molecule is C=CCNC(=O)c1ccc(NC2CCCC(S(=O)CC)C2)nc1. The number of hydrogen-bond acceptors (Lipinski definition) is 4. The van der Waals surface area contributed by atoms with E-state index in [2.05, 4.69) is 22.2 Å². The molecule has 1 fully saturated rings. The summed E-state index contributed by atoms with van der Waals surface area (Å²) in [7, 11) is -0.727. The zero-order valence-corrected chi connectivity index (χ0v) is 14.4. The van der Waals surface area contributed by atoms with Gasteiger partial charge in [0.25, 0.3) is 5.91 Å². The fourth-order valence-corrected chi connectivity index (χ4v) is 4.19. The van der Waals surface area contributed by atoms with E-state index >= 15 is 0 Å².